The van der Waals surface area contributed by atoms with Gasteiger partial charge < -0.3 is 14.7 Å². The Bertz CT molecular complexity index is 1590. The normalized spacial score (nSPS) is 19.0. The Morgan fingerprint density at radius 2 is 1.84 bits per heavy atom. The van der Waals surface area contributed by atoms with Gasteiger partial charge in [-0.15, -0.1) is 11.3 Å². The van der Waals surface area contributed by atoms with Crippen molar-refractivity contribution in [2.45, 2.75) is 62.8 Å². The van der Waals surface area contributed by atoms with Crippen LogP contribution in [-0.2, 0) is 14.8 Å². The fourth-order valence-electron chi connectivity index (χ4n) is 5.93. The maximum Gasteiger partial charge on any atom is 0.411 e. The van der Waals surface area contributed by atoms with E-state index >= 15 is 0 Å². The van der Waals surface area contributed by atoms with Gasteiger partial charge in [0.25, 0.3) is 0 Å². The molecule has 0 bridgehead atoms. The number of anilines is 3. The maximum atomic E-state index is 14.3. The molecule has 1 aromatic heterocycles. The molecule has 12 heteroatoms. The molecule has 9 nitrogen and oxygen atoms in total. The second kappa shape index (κ2) is 13.3. The number of aromatic carboxylic acids is 1. The van der Waals surface area contributed by atoms with E-state index in [-0.39, 0.29) is 39.0 Å². The Balaban J connectivity index is 1.60. The molecule has 1 aliphatic heterocycles. The van der Waals surface area contributed by atoms with E-state index in [2.05, 4.69) is 5.32 Å². The van der Waals surface area contributed by atoms with Gasteiger partial charge in [-0.3, -0.25) is 5.32 Å². The zero-order valence-corrected chi connectivity index (χ0v) is 26.6. The van der Waals surface area contributed by atoms with Crippen LogP contribution in [0, 0.1) is 5.92 Å². The molecule has 0 radical (unpaired) electrons. The van der Waals surface area contributed by atoms with Crippen molar-refractivity contribution in [2.75, 3.05) is 30.4 Å². The Kier molecular flexibility index (Phi) is 9.65. The zero-order valence-electron chi connectivity index (χ0n) is 24.2. The Hall–Kier alpha value is -3.12. The van der Waals surface area contributed by atoms with Gasteiger partial charge in [-0.1, -0.05) is 62.4 Å². The molecule has 43 heavy (non-hydrogen) atoms. The monoisotopic (exact) mass is 645 g/mol. The van der Waals surface area contributed by atoms with Gasteiger partial charge in [0.2, 0.25) is 10.0 Å². The number of nitrogens with one attached hydrogen (secondary N) is 1. The molecular formula is C31H36ClN3O6S2. The highest BCUT2D eigenvalue weighted by molar-refractivity contribution is 7.89. The third kappa shape index (κ3) is 6.55. The van der Waals surface area contributed by atoms with Crippen molar-refractivity contribution in [3.63, 3.8) is 0 Å². The summed E-state index contributed by atoms with van der Waals surface area (Å²) >= 11 is 7.77. The predicted octanol–water partition coefficient (Wildman–Crippen LogP) is 7.84. The van der Waals surface area contributed by atoms with E-state index in [0.29, 0.717) is 29.1 Å². The number of carbonyl (C=O) groups is 2. The lowest BCUT2D eigenvalue weighted by atomic mass is 9.83. The number of amides is 1. The molecule has 2 N–H and O–H groups in total. The van der Waals surface area contributed by atoms with Crippen molar-refractivity contribution >= 4 is 62.1 Å². The molecule has 2 aromatic carbocycles. The smallest absolute Gasteiger partial charge is 0.411 e. The molecule has 2 aliphatic rings. The average Bonchev–Trinajstić information content (AvgIpc) is 3.38. The summed E-state index contributed by atoms with van der Waals surface area (Å²) in [7, 11) is -2.31. The number of halogens is 1. The molecule has 1 saturated carbocycles. The highest BCUT2D eigenvalue weighted by Gasteiger charge is 2.41. The molecule has 0 unspecified atom stereocenters. The van der Waals surface area contributed by atoms with Crippen molar-refractivity contribution in [3.05, 3.63) is 58.4 Å². The number of sulfonamides is 1. The number of rotatable bonds is 8. The number of carbonyl (C=O) groups excluding carboxylic acids is 1. The lowest BCUT2D eigenvalue weighted by Crippen LogP contribution is -2.46. The lowest BCUT2D eigenvalue weighted by Gasteiger charge is -2.36. The number of fused-ring (bicyclic) bond motifs is 1. The number of benzene rings is 2. The maximum absolute atomic E-state index is 14.3. The van der Waals surface area contributed by atoms with Gasteiger partial charge in [0.15, 0.2) is 0 Å². The predicted molar refractivity (Wildman–Crippen MR) is 170 cm³/mol. The van der Waals surface area contributed by atoms with Gasteiger partial charge in [0.1, 0.15) is 9.77 Å². The average molecular weight is 646 g/mol. The summed E-state index contributed by atoms with van der Waals surface area (Å²) in [6.45, 7) is 2.65. The van der Waals surface area contributed by atoms with E-state index in [1.807, 2.05) is 42.2 Å². The minimum absolute atomic E-state index is 0.0586. The number of thiophene rings is 1. The highest BCUT2D eigenvalue weighted by atomic mass is 35.5. The Morgan fingerprint density at radius 3 is 2.51 bits per heavy atom. The highest BCUT2D eigenvalue weighted by Crippen LogP contribution is 2.46. The fraction of sp³-hybridized carbons (Fsp3) is 0.419. The third-order valence-electron chi connectivity index (χ3n) is 8.25. The molecule has 0 saturated heterocycles. The van der Waals surface area contributed by atoms with Crippen LogP contribution in [0.1, 0.15) is 61.5 Å². The van der Waals surface area contributed by atoms with Gasteiger partial charge in [-0.25, -0.2) is 18.0 Å². The van der Waals surface area contributed by atoms with Crippen LogP contribution in [0.5, 0.6) is 0 Å². The molecular weight excluding hydrogens is 610 g/mol. The second-order valence-electron chi connectivity index (χ2n) is 11.0. The minimum atomic E-state index is -3.96. The second-order valence-corrected chi connectivity index (χ2v) is 14.4. The Labute approximate surface area is 261 Å². The van der Waals surface area contributed by atoms with Crippen LogP contribution in [0.25, 0.3) is 10.4 Å². The topological polar surface area (TPSA) is 116 Å². The van der Waals surface area contributed by atoms with Crippen LogP contribution in [0.15, 0.2) is 53.4 Å². The molecule has 1 amide bonds. The molecule has 0 spiro atoms. The number of carboxylic acid groups (broad SMARTS) is 1. The number of carboxylic acids is 1. The molecule has 2 heterocycles. The quantitative estimate of drug-likeness (QED) is 0.240. The van der Waals surface area contributed by atoms with Crippen LogP contribution < -0.4 is 10.2 Å². The first-order valence-corrected chi connectivity index (χ1v) is 17.2. The first-order valence-electron chi connectivity index (χ1n) is 14.6. The van der Waals surface area contributed by atoms with Crippen LogP contribution in [0.4, 0.5) is 21.9 Å². The third-order valence-corrected chi connectivity index (χ3v) is 11.6. The van der Waals surface area contributed by atoms with Crippen LogP contribution in [0.3, 0.4) is 0 Å². The van der Waals surface area contributed by atoms with Gasteiger partial charge in [-0.05, 0) is 55.5 Å². The number of ether oxygens (including phenoxy) is 1. The largest absolute Gasteiger partial charge is 0.477 e. The number of hydrogen-bond donors (Lipinski definition) is 2. The van der Waals surface area contributed by atoms with Crippen molar-refractivity contribution < 1.29 is 27.9 Å². The van der Waals surface area contributed by atoms with E-state index in [1.165, 1.54) is 16.4 Å². The van der Waals surface area contributed by atoms with Crippen molar-refractivity contribution in [1.29, 1.82) is 0 Å². The van der Waals surface area contributed by atoms with E-state index in [0.717, 1.165) is 55.5 Å². The van der Waals surface area contributed by atoms with Gasteiger partial charge in [-0.2, -0.15) is 4.31 Å². The van der Waals surface area contributed by atoms with Crippen molar-refractivity contribution in [3.8, 4) is 10.4 Å². The summed E-state index contributed by atoms with van der Waals surface area (Å²) in [5.41, 5.74) is 1.75. The number of hydrogen-bond acceptors (Lipinski definition) is 7. The van der Waals surface area contributed by atoms with Gasteiger partial charge >= 0.3 is 12.1 Å². The van der Waals surface area contributed by atoms with E-state index < -0.39 is 22.1 Å². The van der Waals surface area contributed by atoms with Crippen LogP contribution >= 0.6 is 22.9 Å². The summed E-state index contributed by atoms with van der Waals surface area (Å²) in [4.78, 5) is 26.8. The number of likely N-dealkylation sites (N-methyl/N-ethyl adjacent to an activating group) is 1. The van der Waals surface area contributed by atoms with E-state index in [1.54, 1.807) is 13.1 Å². The number of para-hydroxylation sites is 1. The van der Waals surface area contributed by atoms with Crippen LogP contribution in [-0.4, -0.2) is 56.1 Å². The molecule has 230 valence electrons. The first-order chi connectivity index (χ1) is 20.6. The first kappa shape index (κ1) is 31.3. The number of nitrogens with zero attached hydrogens (tertiary/aromatic N) is 2. The minimum Gasteiger partial charge on any atom is -0.477 e. The van der Waals surface area contributed by atoms with Gasteiger partial charge in [0, 0.05) is 35.8 Å². The van der Waals surface area contributed by atoms with Crippen molar-refractivity contribution in [1.82, 2.24) is 4.31 Å². The van der Waals surface area contributed by atoms with E-state index in [4.69, 9.17) is 16.3 Å². The SMILES string of the molecule is CCCCOC(=O)Nc1cc(-c2cc3c(cc2Cl)N(c2ccccc2)C[C@@H](C2CCCCC2)N(C)S3(=O)=O)sc1C(=O)O. The molecule has 3 aromatic rings. The summed E-state index contributed by atoms with van der Waals surface area (Å²) in [6, 6.07) is 14.1. The standard InChI is InChI=1S/C31H36ClN3O6S2/c1-3-4-15-41-31(38)33-24-18-27(42-29(24)30(36)37)22-16-28-25(17-23(22)32)35(21-13-9-6-10-14-21)19-26(34(2)43(28,39)40)20-11-7-5-8-12-20/h6,9-10,13-14,16-18,20,26H,3-5,7-8,11-12,15,19H2,1-2H3,(H,33,38)(H,36,37)/t26-/m0/s1. The molecule has 1 fully saturated rings. The zero-order chi connectivity index (χ0) is 30.7. The Morgan fingerprint density at radius 1 is 1.12 bits per heavy atom. The fourth-order valence-corrected chi connectivity index (χ4v) is 8.84. The molecule has 1 aliphatic carbocycles. The number of unbranched alkanes of at least 4 members (excludes halogenated alkanes) is 1. The summed E-state index contributed by atoms with van der Waals surface area (Å²) in [5.74, 6) is -1.01. The molecule has 5 rings (SSSR count). The van der Waals surface area contributed by atoms with E-state index in [9.17, 15) is 23.1 Å². The van der Waals surface area contributed by atoms with Gasteiger partial charge in [0.05, 0.1) is 23.0 Å². The summed E-state index contributed by atoms with van der Waals surface area (Å²) in [5, 5.41) is 12.6. The summed E-state index contributed by atoms with van der Waals surface area (Å²) < 4.78 is 35.2. The van der Waals surface area contributed by atoms with Crippen LogP contribution in [0.2, 0.25) is 5.02 Å². The molecule has 1 atom stereocenters. The summed E-state index contributed by atoms with van der Waals surface area (Å²) in [6.07, 6.45) is 6.03. The lowest BCUT2D eigenvalue weighted by molar-refractivity contribution is 0.0703. The van der Waals surface area contributed by atoms with Crippen molar-refractivity contribution in [2.24, 2.45) is 5.92 Å².